The SMILES string of the molecule is CCCCC(=O)c1cc(C)ccc1O. The second-order valence-electron chi connectivity index (χ2n) is 3.55. The van der Waals surface area contributed by atoms with E-state index in [1.165, 1.54) is 0 Å². The molecule has 0 radical (unpaired) electrons. The fourth-order valence-electron chi connectivity index (χ4n) is 1.35. The van der Waals surface area contributed by atoms with Crippen LogP contribution in [-0.4, -0.2) is 10.9 Å². The number of carbonyl (C=O) groups excluding carboxylic acids is 1. The van der Waals surface area contributed by atoms with Gasteiger partial charge in [0.15, 0.2) is 5.78 Å². The molecule has 0 aliphatic heterocycles. The minimum absolute atomic E-state index is 0.0352. The Labute approximate surface area is 84.6 Å². The van der Waals surface area contributed by atoms with Crippen molar-refractivity contribution in [1.82, 2.24) is 0 Å². The Bertz CT molecular complexity index is 329. The Balaban J connectivity index is 2.83. The number of benzene rings is 1. The molecule has 0 heterocycles. The molecule has 1 aromatic carbocycles. The Morgan fingerprint density at radius 2 is 2.14 bits per heavy atom. The third-order valence-corrected chi connectivity index (χ3v) is 2.21. The second-order valence-corrected chi connectivity index (χ2v) is 3.55. The van der Waals surface area contributed by atoms with Crippen LogP contribution >= 0.6 is 0 Å². The molecule has 1 aromatic rings. The van der Waals surface area contributed by atoms with E-state index in [1.54, 1.807) is 18.2 Å². The third-order valence-electron chi connectivity index (χ3n) is 2.21. The normalized spacial score (nSPS) is 10.1. The molecule has 0 saturated carbocycles. The van der Waals surface area contributed by atoms with Crippen molar-refractivity contribution < 1.29 is 9.90 Å². The van der Waals surface area contributed by atoms with Crippen LogP contribution in [0.2, 0.25) is 0 Å². The van der Waals surface area contributed by atoms with Crippen LogP contribution < -0.4 is 0 Å². The summed E-state index contributed by atoms with van der Waals surface area (Å²) in [5.74, 6) is 0.129. The highest BCUT2D eigenvalue weighted by Crippen LogP contribution is 2.20. The van der Waals surface area contributed by atoms with Crippen LogP contribution in [0.15, 0.2) is 18.2 Å². The van der Waals surface area contributed by atoms with Gasteiger partial charge in [0.05, 0.1) is 5.56 Å². The van der Waals surface area contributed by atoms with Gasteiger partial charge in [-0.15, -0.1) is 0 Å². The number of hydrogen-bond acceptors (Lipinski definition) is 2. The maximum Gasteiger partial charge on any atom is 0.166 e. The maximum absolute atomic E-state index is 11.6. The third kappa shape index (κ3) is 2.59. The highest BCUT2D eigenvalue weighted by Gasteiger charge is 2.09. The second kappa shape index (κ2) is 4.80. The molecular formula is C12H16O2. The molecule has 0 aliphatic carbocycles. The lowest BCUT2D eigenvalue weighted by Gasteiger charge is -2.04. The van der Waals surface area contributed by atoms with Crippen LogP contribution in [0.1, 0.15) is 42.1 Å². The number of ketones is 1. The van der Waals surface area contributed by atoms with E-state index in [0.29, 0.717) is 12.0 Å². The summed E-state index contributed by atoms with van der Waals surface area (Å²) in [6.45, 7) is 3.96. The first-order valence-electron chi connectivity index (χ1n) is 4.98. The molecule has 2 nitrogen and oxygen atoms in total. The van der Waals surface area contributed by atoms with Gasteiger partial charge >= 0.3 is 0 Å². The van der Waals surface area contributed by atoms with Crippen LogP contribution in [0.5, 0.6) is 5.75 Å². The Hall–Kier alpha value is -1.31. The fourth-order valence-corrected chi connectivity index (χ4v) is 1.35. The largest absolute Gasteiger partial charge is 0.507 e. The number of Topliss-reactive ketones (excluding diaryl/α,β-unsaturated/α-hetero) is 1. The predicted octanol–water partition coefficient (Wildman–Crippen LogP) is 3.07. The molecule has 2 heteroatoms. The standard InChI is InChI=1S/C12H16O2/c1-3-4-5-11(13)10-8-9(2)6-7-12(10)14/h6-8,14H,3-5H2,1-2H3. The minimum atomic E-state index is 0.0352. The molecule has 0 saturated heterocycles. The molecule has 0 atom stereocenters. The minimum Gasteiger partial charge on any atom is -0.507 e. The van der Waals surface area contributed by atoms with Crippen molar-refractivity contribution in [3.05, 3.63) is 29.3 Å². The number of aryl methyl sites for hydroxylation is 1. The van der Waals surface area contributed by atoms with Gasteiger partial charge in [-0.05, 0) is 25.5 Å². The zero-order valence-electron chi connectivity index (χ0n) is 8.71. The average Bonchev–Trinajstić information content (AvgIpc) is 2.18. The Morgan fingerprint density at radius 1 is 1.43 bits per heavy atom. The van der Waals surface area contributed by atoms with E-state index in [9.17, 15) is 9.90 Å². The van der Waals surface area contributed by atoms with Crippen molar-refractivity contribution >= 4 is 5.78 Å². The first-order valence-corrected chi connectivity index (χ1v) is 4.98. The summed E-state index contributed by atoms with van der Waals surface area (Å²) in [7, 11) is 0. The van der Waals surface area contributed by atoms with Crippen molar-refractivity contribution in [1.29, 1.82) is 0 Å². The molecule has 0 amide bonds. The number of aromatic hydroxyl groups is 1. The van der Waals surface area contributed by atoms with Crippen LogP contribution in [0, 0.1) is 6.92 Å². The number of phenolic OH excluding ortho intramolecular Hbond substituents is 1. The van der Waals surface area contributed by atoms with Gasteiger partial charge in [0.25, 0.3) is 0 Å². The molecule has 76 valence electrons. The number of rotatable bonds is 4. The van der Waals surface area contributed by atoms with Gasteiger partial charge in [-0.3, -0.25) is 4.79 Å². The van der Waals surface area contributed by atoms with Gasteiger partial charge in [0, 0.05) is 6.42 Å². The first kappa shape index (κ1) is 10.8. The van der Waals surface area contributed by atoms with Crippen LogP contribution in [0.25, 0.3) is 0 Å². The van der Waals surface area contributed by atoms with Crippen molar-refractivity contribution in [2.24, 2.45) is 0 Å². The van der Waals surface area contributed by atoms with Crippen molar-refractivity contribution in [3.8, 4) is 5.75 Å². The fraction of sp³-hybridized carbons (Fsp3) is 0.417. The van der Waals surface area contributed by atoms with Crippen molar-refractivity contribution in [3.63, 3.8) is 0 Å². The quantitative estimate of drug-likeness (QED) is 0.744. The first-order chi connectivity index (χ1) is 6.65. The van der Waals surface area contributed by atoms with E-state index in [0.717, 1.165) is 18.4 Å². The van der Waals surface area contributed by atoms with Gasteiger partial charge in [0.1, 0.15) is 5.75 Å². The molecule has 1 N–H and O–H groups in total. The number of carbonyl (C=O) groups is 1. The topological polar surface area (TPSA) is 37.3 Å². The lowest BCUT2D eigenvalue weighted by molar-refractivity contribution is 0.0977. The summed E-state index contributed by atoms with van der Waals surface area (Å²) in [4.78, 5) is 11.6. The van der Waals surface area contributed by atoms with E-state index in [4.69, 9.17) is 0 Å². The van der Waals surface area contributed by atoms with Gasteiger partial charge in [-0.1, -0.05) is 25.0 Å². The lowest BCUT2D eigenvalue weighted by Crippen LogP contribution is -1.99. The van der Waals surface area contributed by atoms with Crippen LogP contribution in [-0.2, 0) is 0 Å². The molecular weight excluding hydrogens is 176 g/mol. The summed E-state index contributed by atoms with van der Waals surface area (Å²) in [6, 6.07) is 5.12. The molecule has 1 rings (SSSR count). The zero-order chi connectivity index (χ0) is 10.6. The summed E-state index contributed by atoms with van der Waals surface area (Å²) in [5.41, 5.74) is 1.46. The average molecular weight is 192 g/mol. The summed E-state index contributed by atoms with van der Waals surface area (Å²) >= 11 is 0. The number of hydrogen-bond donors (Lipinski definition) is 1. The van der Waals surface area contributed by atoms with E-state index >= 15 is 0 Å². The van der Waals surface area contributed by atoms with Gasteiger partial charge < -0.3 is 5.11 Å². The predicted molar refractivity (Wildman–Crippen MR) is 56.7 cm³/mol. The van der Waals surface area contributed by atoms with Gasteiger partial charge in [0.2, 0.25) is 0 Å². The Morgan fingerprint density at radius 3 is 2.79 bits per heavy atom. The van der Waals surface area contributed by atoms with E-state index in [1.807, 2.05) is 13.8 Å². The summed E-state index contributed by atoms with van der Waals surface area (Å²) < 4.78 is 0. The molecule has 0 unspecified atom stereocenters. The zero-order valence-corrected chi connectivity index (χ0v) is 8.71. The number of phenols is 1. The van der Waals surface area contributed by atoms with Crippen LogP contribution in [0.3, 0.4) is 0 Å². The lowest BCUT2D eigenvalue weighted by atomic mass is 10.0. The molecule has 0 aromatic heterocycles. The van der Waals surface area contributed by atoms with E-state index < -0.39 is 0 Å². The Kier molecular flexibility index (Phi) is 3.69. The molecule has 0 bridgehead atoms. The summed E-state index contributed by atoms with van der Waals surface area (Å²) in [6.07, 6.45) is 2.40. The van der Waals surface area contributed by atoms with Gasteiger partial charge in [-0.2, -0.15) is 0 Å². The number of unbranched alkanes of at least 4 members (excludes halogenated alkanes) is 1. The highest BCUT2D eigenvalue weighted by molar-refractivity contribution is 5.98. The van der Waals surface area contributed by atoms with E-state index in [2.05, 4.69) is 0 Å². The molecule has 0 aliphatic rings. The molecule has 0 fully saturated rings. The van der Waals surface area contributed by atoms with Gasteiger partial charge in [-0.25, -0.2) is 0 Å². The highest BCUT2D eigenvalue weighted by atomic mass is 16.3. The van der Waals surface area contributed by atoms with Crippen LogP contribution in [0.4, 0.5) is 0 Å². The van der Waals surface area contributed by atoms with Crippen molar-refractivity contribution in [2.45, 2.75) is 33.1 Å². The summed E-state index contributed by atoms with van der Waals surface area (Å²) in [5, 5.41) is 9.48. The molecule has 14 heavy (non-hydrogen) atoms. The maximum atomic E-state index is 11.6. The van der Waals surface area contributed by atoms with Crippen molar-refractivity contribution in [2.75, 3.05) is 0 Å². The monoisotopic (exact) mass is 192 g/mol. The smallest absolute Gasteiger partial charge is 0.166 e. The van der Waals surface area contributed by atoms with E-state index in [-0.39, 0.29) is 11.5 Å². The molecule has 0 spiro atoms.